The molecule has 3 nitrogen and oxygen atoms in total. The quantitative estimate of drug-likeness (QED) is 0.873. The van der Waals surface area contributed by atoms with Crippen molar-refractivity contribution in [1.29, 1.82) is 0 Å². The highest BCUT2D eigenvalue weighted by molar-refractivity contribution is 9.10. The smallest absolute Gasteiger partial charge is 0.220 e. The zero-order valence-corrected chi connectivity index (χ0v) is 10.8. The van der Waals surface area contributed by atoms with Gasteiger partial charge in [-0.05, 0) is 31.0 Å². The van der Waals surface area contributed by atoms with E-state index in [-0.39, 0.29) is 18.6 Å². The maximum Gasteiger partial charge on any atom is 0.220 e. The summed E-state index contributed by atoms with van der Waals surface area (Å²) < 4.78 is 1.00. The van der Waals surface area contributed by atoms with E-state index in [9.17, 15) is 4.79 Å². The van der Waals surface area contributed by atoms with Crippen LogP contribution in [-0.2, 0) is 4.79 Å². The van der Waals surface area contributed by atoms with Gasteiger partial charge in [0.05, 0.1) is 6.04 Å². The number of aliphatic hydroxyl groups is 1. The van der Waals surface area contributed by atoms with Gasteiger partial charge in [0.1, 0.15) is 0 Å². The Morgan fingerprint density at radius 2 is 2.31 bits per heavy atom. The van der Waals surface area contributed by atoms with Gasteiger partial charge >= 0.3 is 0 Å². The lowest BCUT2D eigenvalue weighted by Crippen LogP contribution is -2.26. The maximum atomic E-state index is 11.4. The molecule has 0 saturated carbocycles. The molecule has 1 aromatic rings. The Hall–Kier alpha value is -0.870. The third-order valence-corrected chi connectivity index (χ3v) is 2.78. The lowest BCUT2D eigenvalue weighted by Gasteiger charge is -2.14. The molecule has 1 rings (SSSR count). The van der Waals surface area contributed by atoms with Gasteiger partial charge in [0.25, 0.3) is 0 Å². The summed E-state index contributed by atoms with van der Waals surface area (Å²) in [6.45, 7) is 2.00. The predicted octanol–water partition coefficient (Wildman–Crippen LogP) is 2.40. The average Bonchev–Trinajstić information content (AvgIpc) is 2.26. The molecule has 88 valence electrons. The van der Waals surface area contributed by atoms with E-state index < -0.39 is 0 Å². The van der Waals surface area contributed by atoms with Gasteiger partial charge in [0.2, 0.25) is 5.91 Å². The molecule has 1 amide bonds. The van der Waals surface area contributed by atoms with Gasteiger partial charge in [-0.3, -0.25) is 4.79 Å². The average molecular weight is 286 g/mol. The first-order valence-electron chi connectivity index (χ1n) is 5.29. The summed E-state index contributed by atoms with van der Waals surface area (Å²) in [5.41, 5.74) is 1.06. The topological polar surface area (TPSA) is 49.3 Å². The Kier molecular flexibility index (Phi) is 5.49. The molecule has 4 heteroatoms. The van der Waals surface area contributed by atoms with Crippen LogP contribution in [0.5, 0.6) is 0 Å². The first-order chi connectivity index (χ1) is 7.63. The Labute approximate surface area is 104 Å². The number of benzene rings is 1. The molecule has 0 aliphatic heterocycles. The van der Waals surface area contributed by atoms with Crippen LogP contribution in [0.2, 0.25) is 0 Å². The molecule has 0 heterocycles. The highest BCUT2D eigenvalue weighted by Crippen LogP contribution is 2.17. The second-order valence-electron chi connectivity index (χ2n) is 3.67. The van der Waals surface area contributed by atoms with E-state index in [1.807, 2.05) is 31.2 Å². The number of hydrogen-bond donors (Lipinski definition) is 2. The highest BCUT2D eigenvalue weighted by atomic mass is 79.9. The van der Waals surface area contributed by atoms with Gasteiger partial charge in [-0.25, -0.2) is 0 Å². The van der Waals surface area contributed by atoms with Gasteiger partial charge in [0.15, 0.2) is 0 Å². The summed E-state index contributed by atoms with van der Waals surface area (Å²) in [5.74, 6) is -0.0264. The van der Waals surface area contributed by atoms with Gasteiger partial charge in [0, 0.05) is 17.5 Å². The minimum Gasteiger partial charge on any atom is -0.396 e. The summed E-state index contributed by atoms with van der Waals surface area (Å²) >= 11 is 3.39. The molecule has 16 heavy (non-hydrogen) atoms. The van der Waals surface area contributed by atoms with Crippen LogP contribution >= 0.6 is 15.9 Å². The number of carbonyl (C=O) groups excluding carboxylic acids is 1. The van der Waals surface area contributed by atoms with Crippen molar-refractivity contribution in [2.45, 2.75) is 25.8 Å². The molecule has 0 aliphatic rings. The Balaban J connectivity index is 2.52. The molecule has 1 atom stereocenters. The van der Waals surface area contributed by atoms with Gasteiger partial charge in [-0.15, -0.1) is 0 Å². The maximum absolute atomic E-state index is 11.4. The van der Waals surface area contributed by atoms with Crippen molar-refractivity contribution < 1.29 is 9.90 Å². The van der Waals surface area contributed by atoms with Crippen molar-refractivity contribution in [3.8, 4) is 0 Å². The van der Waals surface area contributed by atoms with Crippen molar-refractivity contribution in [3.05, 3.63) is 34.3 Å². The second-order valence-corrected chi connectivity index (χ2v) is 4.59. The van der Waals surface area contributed by atoms with E-state index in [0.717, 1.165) is 10.0 Å². The fraction of sp³-hybridized carbons (Fsp3) is 0.417. The highest BCUT2D eigenvalue weighted by Gasteiger charge is 2.08. The lowest BCUT2D eigenvalue weighted by atomic mass is 10.1. The fourth-order valence-electron chi connectivity index (χ4n) is 1.41. The third kappa shape index (κ3) is 4.33. The minimum atomic E-state index is -0.0264. The van der Waals surface area contributed by atoms with Crippen LogP contribution in [0.15, 0.2) is 28.7 Å². The second kappa shape index (κ2) is 6.66. The van der Waals surface area contributed by atoms with Gasteiger partial charge in [-0.2, -0.15) is 0 Å². The van der Waals surface area contributed by atoms with Crippen molar-refractivity contribution in [2.24, 2.45) is 0 Å². The number of rotatable bonds is 5. The Morgan fingerprint density at radius 3 is 2.94 bits per heavy atom. The zero-order chi connectivity index (χ0) is 12.0. The lowest BCUT2D eigenvalue weighted by molar-refractivity contribution is -0.122. The SMILES string of the molecule is CC(NC(=O)CCCO)c1cccc(Br)c1. The van der Waals surface area contributed by atoms with Crippen molar-refractivity contribution >= 4 is 21.8 Å². The predicted molar refractivity (Wildman–Crippen MR) is 67.0 cm³/mol. The van der Waals surface area contributed by atoms with Crippen LogP contribution in [-0.4, -0.2) is 17.6 Å². The molecule has 0 saturated heterocycles. The summed E-state index contributed by atoms with van der Waals surface area (Å²) in [6, 6.07) is 7.84. The Bertz CT molecular complexity index is 355. The van der Waals surface area contributed by atoms with Gasteiger partial charge < -0.3 is 10.4 Å². The van der Waals surface area contributed by atoms with Crippen LogP contribution in [0.3, 0.4) is 0 Å². The van der Waals surface area contributed by atoms with Crippen molar-refractivity contribution in [3.63, 3.8) is 0 Å². The Morgan fingerprint density at radius 1 is 1.56 bits per heavy atom. The molecular weight excluding hydrogens is 270 g/mol. The minimum absolute atomic E-state index is 0.0105. The fourth-order valence-corrected chi connectivity index (χ4v) is 1.83. The molecular formula is C12H16BrNO2. The number of hydrogen-bond acceptors (Lipinski definition) is 2. The standard InChI is InChI=1S/C12H16BrNO2/c1-9(14-12(16)6-3-7-15)10-4-2-5-11(13)8-10/h2,4-5,8-9,15H,3,6-7H2,1H3,(H,14,16). The van der Waals surface area contributed by atoms with Crippen LogP contribution in [0.25, 0.3) is 0 Å². The molecule has 0 radical (unpaired) electrons. The summed E-state index contributed by atoms with van der Waals surface area (Å²) in [7, 11) is 0. The summed E-state index contributed by atoms with van der Waals surface area (Å²) in [5, 5.41) is 11.5. The molecule has 0 aromatic heterocycles. The largest absolute Gasteiger partial charge is 0.396 e. The van der Waals surface area contributed by atoms with E-state index in [4.69, 9.17) is 5.11 Å². The van der Waals surface area contributed by atoms with Crippen LogP contribution < -0.4 is 5.32 Å². The molecule has 0 aliphatic carbocycles. The van der Waals surface area contributed by atoms with E-state index in [1.165, 1.54) is 0 Å². The third-order valence-electron chi connectivity index (χ3n) is 2.29. The van der Waals surface area contributed by atoms with E-state index >= 15 is 0 Å². The molecule has 1 unspecified atom stereocenters. The molecule has 0 fully saturated rings. The zero-order valence-electron chi connectivity index (χ0n) is 9.24. The van der Waals surface area contributed by atoms with E-state index in [1.54, 1.807) is 0 Å². The van der Waals surface area contributed by atoms with Crippen LogP contribution in [0.1, 0.15) is 31.4 Å². The van der Waals surface area contributed by atoms with E-state index in [0.29, 0.717) is 12.8 Å². The number of carbonyl (C=O) groups is 1. The summed E-state index contributed by atoms with van der Waals surface area (Å²) in [4.78, 5) is 11.4. The van der Waals surface area contributed by atoms with E-state index in [2.05, 4.69) is 21.2 Å². The summed E-state index contributed by atoms with van der Waals surface area (Å²) in [6.07, 6.45) is 0.881. The molecule has 2 N–H and O–H groups in total. The number of aliphatic hydroxyl groups excluding tert-OH is 1. The van der Waals surface area contributed by atoms with Gasteiger partial charge in [-0.1, -0.05) is 28.1 Å². The van der Waals surface area contributed by atoms with Crippen molar-refractivity contribution in [1.82, 2.24) is 5.32 Å². The van der Waals surface area contributed by atoms with Crippen LogP contribution in [0.4, 0.5) is 0 Å². The number of nitrogens with one attached hydrogen (secondary N) is 1. The molecule has 0 spiro atoms. The monoisotopic (exact) mass is 285 g/mol. The van der Waals surface area contributed by atoms with Crippen molar-refractivity contribution in [2.75, 3.05) is 6.61 Å². The first-order valence-corrected chi connectivity index (χ1v) is 6.08. The van der Waals surface area contributed by atoms with Crippen LogP contribution in [0, 0.1) is 0 Å². The molecule has 1 aromatic carbocycles. The normalized spacial score (nSPS) is 12.2. The number of halogens is 1. The first kappa shape index (κ1) is 13.2. The number of amides is 1. The molecule has 0 bridgehead atoms.